The van der Waals surface area contributed by atoms with Gasteiger partial charge in [0.05, 0.1) is 43.4 Å². The topological polar surface area (TPSA) is 198 Å². The maximum atomic E-state index is 13.3. The summed E-state index contributed by atoms with van der Waals surface area (Å²) < 4.78 is 4.97. The zero-order valence-corrected chi connectivity index (χ0v) is 90.5. The van der Waals surface area contributed by atoms with Crippen molar-refractivity contribution in [3.8, 4) is 0 Å². The fourth-order valence-electron chi connectivity index (χ4n) is 41.1. The highest BCUT2D eigenvalue weighted by Crippen LogP contribution is 2.82. The summed E-state index contributed by atoms with van der Waals surface area (Å²) in [5.74, 6) is 12.0. The van der Waals surface area contributed by atoms with Gasteiger partial charge in [0.1, 0.15) is 0 Å². The third kappa shape index (κ3) is 16.4. The van der Waals surface area contributed by atoms with Gasteiger partial charge in [0.25, 0.3) is 0 Å². The molecular formula is C121H188N6O9. The molecule has 15 fully saturated rings. The van der Waals surface area contributed by atoms with E-state index in [1.54, 1.807) is 24.3 Å². The van der Waals surface area contributed by atoms with E-state index in [2.05, 4.69) is 198 Å². The zero-order chi connectivity index (χ0) is 98.9. The highest BCUT2D eigenvalue weighted by atomic mass is 16.5. The van der Waals surface area contributed by atoms with Crippen LogP contribution in [0, 0.1) is 172 Å². The number of carboxylic acid groups (broad SMARTS) is 2. The molecule has 0 bridgehead atoms. The minimum Gasteiger partial charge on any atom is -0.478 e. The molecule has 136 heavy (non-hydrogen) atoms. The molecule has 0 spiro atoms. The maximum absolute atomic E-state index is 13.3. The van der Waals surface area contributed by atoms with E-state index < -0.39 is 11.9 Å². The highest BCUT2D eigenvalue weighted by Gasteiger charge is 2.76. The standard InChI is InChI=1S/C41H64N2O3.2C40H62N2O3/c1-26(2)29-17-22-41(42-34(44)25-43(8)9)24-23-39(6)31(35(29)41)15-16-33-38(5)20-18-30(27-11-13-28(14-12-27)36(45)46-10)37(3,4)32(38)19-21-40(33,39)7;2*1-25(2)28-16-21-40(41-33(43)24-42(8)9)23-22-38(6)30(34(28)40)14-15-32-37(5)19-17-29(26-10-12-27(13-11-26)35(44)45)36(3,4)31(37)18-20-39(32,38)7/h11-14,26,29-33,35H,15-25H2,1-10H3,(H,42,44);2*10-13,25,28-32,34H,14-24H2,1-9H3,(H,41,43)(H,44,45)/t29-,30?,31+,32-,33+,35+,38-,39+,40+,41-;28-,29+,30+,31-,32+,34+,37-,38+,39+,40-;28-,29-,30+,31-,32+,34+,37-,38+,39+,40-/m000/s1. The summed E-state index contributed by atoms with van der Waals surface area (Å²) in [6.07, 6.45) is 37.4. The molecule has 3 aromatic carbocycles. The van der Waals surface area contributed by atoms with Gasteiger partial charge in [0, 0.05) is 16.6 Å². The number of benzene rings is 3. The van der Waals surface area contributed by atoms with Crippen LogP contribution < -0.4 is 16.0 Å². The molecule has 1 unspecified atom stereocenters. The number of carboxylic acids is 2. The predicted octanol–water partition coefficient (Wildman–Crippen LogP) is 26.0. The number of carbonyl (C=O) groups is 6. The van der Waals surface area contributed by atoms with Crippen molar-refractivity contribution in [2.24, 2.45) is 172 Å². The van der Waals surface area contributed by atoms with Crippen LogP contribution in [0.15, 0.2) is 72.8 Å². The average Bonchev–Trinajstić information content (AvgIpc) is 1.61. The SMILES string of the molecule is CC(C)[C@@H]1CC[C@]2(NC(=O)CN(C)C)CC[C@]3(C)[C@H](CC[C@@H]4[C@@]5(C)CC[C@@H](c6ccc(C(=O)O)cc6)C(C)(C)[C@@H]5CC[C@]43C)[C@@H]12.CC(C)[C@@H]1CC[C@]2(NC(=O)CN(C)C)CC[C@]3(C)[C@H](CC[C@@H]4[C@@]5(C)CC[C@H](c6ccc(C(=O)O)cc6)C(C)(C)[C@@H]5CC[C@]43C)[C@@H]12.COC(=O)c1ccc(C2CC[C@]3(C)[C@H]4CC[C@@H]5[C@H]6[C@H](C(C)C)CC[C@]6(NC(=O)CN(C)C)CC[C@@]5(C)[C@]4(C)CC[C@H]3C2(C)C)cc1. The molecule has 15 aliphatic rings. The van der Waals surface area contributed by atoms with Crippen molar-refractivity contribution in [2.45, 2.75) is 372 Å². The number of carbonyl (C=O) groups excluding carboxylic acids is 4. The number of esters is 1. The molecule has 15 nitrogen and oxygen atoms in total. The number of rotatable bonds is 18. The molecule has 0 heterocycles. The van der Waals surface area contributed by atoms with Crippen molar-refractivity contribution < 1.29 is 43.7 Å². The number of likely N-dealkylation sites (N-methyl/N-ethyl adjacent to an activating group) is 3. The fourth-order valence-corrected chi connectivity index (χ4v) is 41.1. The number of ether oxygens (including phenoxy) is 1. The number of aromatic carboxylic acids is 2. The van der Waals surface area contributed by atoms with Crippen molar-refractivity contribution in [3.05, 3.63) is 106 Å². The van der Waals surface area contributed by atoms with Crippen LogP contribution in [0.1, 0.15) is 404 Å². The van der Waals surface area contributed by atoms with Gasteiger partial charge in [-0.2, -0.15) is 0 Å². The minimum absolute atomic E-state index is 0.0278. The van der Waals surface area contributed by atoms with Crippen LogP contribution in [0.3, 0.4) is 0 Å². The number of hydrogen-bond acceptors (Lipinski definition) is 10. The smallest absolute Gasteiger partial charge is 0.337 e. The van der Waals surface area contributed by atoms with E-state index in [1.165, 1.54) is 178 Å². The van der Waals surface area contributed by atoms with Crippen LogP contribution >= 0.6 is 0 Å². The minimum atomic E-state index is -0.846. The van der Waals surface area contributed by atoms with Gasteiger partial charge in [-0.3, -0.25) is 14.4 Å². The first-order chi connectivity index (χ1) is 63.5. The number of fused-ring (bicyclic) bond motifs is 21. The van der Waals surface area contributed by atoms with Crippen LogP contribution in [-0.4, -0.2) is 146 Å². The second kappa shape index (κ2) is 36.6. The first-order valence-electron chi connectivity index (χ1n) is 55.3. The lowest BCUT2D eigenvalue weighted by atomic mass is 9.32. The first-order valence-corrected chi connectivity index (χ1v) is 55.3. The summed E-state index contributed by atoms with van der Waals surface area (Å²) in [6, 6.07) is 23.9. The number of amides is 3. The van der Waals surface area contributed by atoms with Crippen molar-refractivity contribution in [1.29, 1.82) is 0 Å². The molecule has 3 amide bonds. The Morgan fingerprint density at radius 3 is 0.787 bits per heavy atom. The quantitative estimate of drug-likeness (QED) is 0.0757. The van der Waals surface area contributed by atoms with Gasteiger partial charge in [0.15, 0.2) is 0 Å². The lowest BCUT2D eigenvalue weighted by Gasteiger charge is -2.73. The number of nitrogens with zero attached hydrogens (tertiary/aromatic N) is 3. The summed E-state index contributed by atoms with van der Waals surface area (Å²) in [4.78, 5) is 81.2. The van der Waals surface area contributed by atoms with Gasteiger partial charge >= 0.3 is 17.9 Å². The fraction of sp³-hybridized carbons (Fsp3) is 0.802. The van der Waals surface area contributed by atoms with Crippen LogP contribution in [0.25, 0.3) is 0 Å². The van der Waals surface area contributed by atoms with Crippen molar-refractivity contribution in [3.63, 3.8) is 0 Å². The molecule has 3 aromatic rings. The van der Waals surface area contributed by atoms with E-state index in [4.69, 9.17) is 4.74 Å². The summed E-state index contributed by atoms with van der Waals surface area (Å²) in [6.45, 7) is 55.6. The summed E-state index contributed by atoms with van der Waals surface area (Å²) >= 11 is 0. The Labute approximate surface area is 824 Å². The number of nitrogens with one attached hydrogen (secondary N) is 3. The zero-order valence-electron chi connectivity index (χ0n) is 90.5. The monoisotopic (exact) mass is 1870 g/mol. The largest absolute Gasteiger partial charge is 0.478 e. The number of hydrogen-bond donors (Lipinski definition) is 5. The highest BCUT2D eigenvalue weighted by molar-refractivity contribution is 5.89. The van der Waals surface area contributed by atoms with E-state index in [-0.39, 0.29) is 67.4 Å². The molecule has 0 aromatic heterocycles. The Hall–Kier alpha value is -5.64. The maximum Gasteiger partial charge on any atom is 0.337 e. The Morgan fingerprint density at radius 1 is 0.309 bits per heavy atom. The molecule has 15 heteroatoms. The summed E-state index contributed by atoms with van der Waals surface area (Å²) in [5.41, 5.74) is 8.55. The molecule has 18 rings (SSSR count). The van der Waals surface area contributed by atoms with E-state index >= 15 is 0 Å². The third-order valence-electron chi connectivity index (χ3n) is 47.5. The second-order valence-corrected chi connectivity index (χ2v) is 55.5. The summed E-state index contributed by atoms with van der Waals surface area (Å²) in [5, 5.41) is 30.1. The lowest BCUT2D eigenvalue weighted by Crippen LogP contribution is -2.69. The van der Waals surface area contributed by atoms with E-state index in [0.29, 0.717) is 193 Å². The van der Waals surface area contributed by atoms with Gasteiger partial charge in [-0.15, -0.1) is 0 Å². The van der Waals surface area contributed by atoms with E-state index in [0.717, 1.165) is 44.4 Å². The van der Waals surface area contributed by atoms with E-state index in [1.807, 2.05) is 69.1 Å². The lowest BCUT2D eigenvalue weighted by molar-refractivity contribution is -0.235. The Bertz CT molecular complexity index is 4680. The molecule has 5 N–H and O–H groups in total. The molecule has 0 radical (unpaired) electrons. The van der Waals surface area contributed by atoms with Gasteiger partial charge in [-0.1, -0.05) is 182 Å². The Morgan fingerprint density at radius 2 is 0.559 bits per heavy atom. The molecule has 15 aliphatic carbocycles. The molecule has 15 saturated carbocycles. The Balaban J connectivity index is 0.000000148. The Kier molecular flexibility index (Phi) is 27.8. The first kappa shape index (κ1) is 103. The average molecular weight is 1870 g/mol. The predicted molar refractivity (Wildman–Crippen MR) is 551 cm³/mol. The molecular weight excluding hydrogens is 1680 g/mol. The van der Waals surface area contributed by atoms with Crippen molar-refractivity contribution >= 4 is 35.6 Å². The molecule has 0 saturated heterocycles. The second-order valence-electron chi connectivity index (χ2n) is 55.5. The van der Waals surface area contributed by atoms with Crippen molar-refractivity contribution in [1.82, 2.24) is 30.7 Å². The van der Waals surface area contributed by atoms with Crippen LogP contribution in [0.4, 0.5) is 0 Å². The van der Waals surface area contributed by atoms with Crippen LogP contribution in [0.2, 0.25) is 0 Å². The van der Waals surface area contributed by atoms with Gasteiger partial charge in [-0.05, 0) is 477 Å². The van der Waals surface area contributed by atoms with E-state index in [9.17, 15) is 39.0 Å². The molecule has 30 atom stereocenters. The van der Waals surface area contributed by atoms with Crippen LogP contribution in [0.5, 0.6) is 0 Å². The third-order valence-corrected chi connectivity index (χ3v) is 47.5. The van der Waals surface area contributed by atoms with Gasteiger partial charge in [-0.25, -0.2) is 14.4 Å². The van der Waals surface area contributed by atoms with Gasteiger partial charge in [0.2, 0.25) is 17.7 Å². The normalized spacial score (nSPS) is 43.4. The van der Waals surface area contributed by atoms with Gasteiger partial charge < -0.3 is 45.6 Å². The van der Waals surface area contributed by atoms with Crippen molar-refractivity contribution in [2.75, 3.05) is 69.0 Å². The molecule has 0 aliphatic heterocycles. The number of methoxy groups -OCH3 is 1. The van der Waals surface area contributed by atoms with Crippen LogP contribution in [-0.2, 0) is 19.1 Å². The molecule has 756 valence electrons. The summed E-state index contributed by atoms with van der Waals surface area (Å²) in [7, 11) is 13.5.